The quantitative estimate of drug-likeness (QED) is 0.662. The van der Waals surface area contributed by atoms with Crippen LogP contribution in [0.3, 0.4) is 0 Å². The molecule has 1 saturated carbocycles. The number of halogens is 1. The van der Waals surface area contributed by atoms with Crippen LogP contribution < -0.4 is 16.0 Å². The van der Waals surface area contributed by atoms with Crippen molar-refractivity contribution in [2.24, 2.45) is 0 Å². The largest absolute Gasteiger partial charge is 0.338 e. The molecule has 0 aromatic heterocycles. The number of hydrogen-bond donors (Lipinski definition) is 3. The molecule has 0 bridgehead atoms. The van der Waals surface area contributed by atoms with Crippen LogP contribution in [0.5, 0.6) is 0 Å². The second kappa shape index (κ2) is 10.7. The Morgan fingerprint density at radius 3 is 2.65 bits per heavy atom. The maximum absolute atomic E-state index is 12.1. The van der Waals surface area contributed by atoms with Crippen LogP contribution in [0.1, 0.15) is 51.9 Å². The van der Waals surface area contributed by atoms with Gasteiger partial charge >= 0.3 is 6.03 Å². The summed E-state index contributed by atoms with van der Waals surface area (Å²) in [5, 5.41) is 9.17. The molecule has 3 N–H and O–H groups in total. The van der Waals surface area contributed by atoms with Crippen LogP contribution in [0.2, 0.25) is 0 Å². The van der Waals surface area contributed by atoms with Crippen molar-refractivity contribution >= 4 is 24.3 Å². The molecule has 1 heterocycles. The Bertz CT molecular complexity index is 375. The predicted octanol–water partition coefficient (Wildman–Crippen LogP) is 1.64. The fourth-order valence-corrected chi connectivity index (χ4v) is 3.28. The summed E-state index contributed by atoms with van der Waals surface area (Å²) in [6.45, 7) is 5.16. The summed E-state index contributed by atoms with van der Waals surface area (Å²) in [4.78, 5) is 25.9. The van der Waals surface area contributed by atoms with Gasteiger partial charge in [0, 0.05) is 44.7 Å². The van der Waals surface area contributed by atoms with E-state index in [2.05, 4.69) is 22.9 Å². The molecule has 2 rings (SSSR count). The fraction of sp³-hybridized carbons (Fsp3) is 0.875. The number of piperazine rings is 1. The Kier molecular flexibility index (Phi) is 9.33. The number of nitrogens with one attached hydrogen (secondary N) is 3. The summed E-state index contributed by atoms with van der Waals surface area (Å²) < 4.78 is 0. The molecule has 0 radical (unpaired) electrons. The van der Waals surface area contributed by atoms with Crippen molar-refractivity contribution in [3.8, 4) is 0 Å². The van der Waals surface area contributed by atoms with Gasteiger partial charge in [0.15, 0.2) is 0 Å². The fourth-order valence-electron chi connectivity index (χ4n) is 3.28. The Hall–Kier alpha value is -1.01. The highest BCUT2D eigenvalue weighted by molar-refractivity contribution is 5.85. The summed E-state index contributed by atoms with van der Waals surface area (Å²) in [6.07, 6.45) is 7.10. The van der Waals surface area contributed by atoms with Gasteiger partial charge < -0.3 is 20.9 Å². The van der Waals surface area contributed by atoms with Gasteiger partial charge in [-0.3, -0.25) is 4.79 Å². The third kappa shape index (κ3) is 6.96. The summed E-state index contributed by atoms with van der Waals surface area (Å²) in [5.41, 5.74) is 0. The number of nitrogens with zero attached hydrogens (tertiary/aromatic N) is 1. The first-order chi connectivity index (χ1) is 10.7. The van der Waals surface area contributed by atoms with Crippen molar-refractivity contribution in [1.29, 1.82) is 0 Å². The molecule has 1 saturated heterocycles. The molecular weight excluding hydrogens is 316 g/mol. The Balaban J connectivity index is 0.00000264. The van der Waals surface area contributed by atoms with Gasteiger partial charge in [-0.2, -0.15) is 0 Å². The van der Waals surface area contributed by atoms with E-state index in [1.807, 2.05) is 4.90 Å². The van der Waals surface area contributed by atoms with Crippen molar-refractivity contribution in [2.45, 2.75) is 64.0 Å². The van der Waals surface area contributed by atoms with Gasteiger partial charge in [-0.15, -0.1) is 12.4 Å². The molecule has 134 valence electrons. The summed E-state index contributed by atoms with van der Waals surface area (Å²) in [6, 6.07) is 0.510. The van der Waals surface area contributed by atoms with Crippen molar-refractivity contribution in [1.82, 2.24) is 20.9 Å². The van der Waals surface area contributed by atoms with E-state index in [0.717, 1.165) is 32.5 Å². The lowest BCUT2D eigenvalue weighted by Gasteiger charge is -2.34. The molecule has 0 aromatic carbocycles. The molecule has 2 fully saturated rings. The van der Waals surface area contributed by atoms with Gasteiger partial charge in [0.1, 0.15) is 0 Å². The SMILES string of the molecule is CC1CNCCN1C(=O)CCCNC(=O)NC1CCCCC1.Cl. The molecule has 0 spiro atoms. The minimum absolute atomic E-state index is 0. The van der Waals surface area contributed by atoms with E-state index in [9.17, 15) is 9.59 Å². The first kappa shape index (κ1) is 20.0. The van der Waals surface area contributed by atoms with E-state index in [4.69, 9.17) is 0 Å². The van der Waals surface area contributed by atoms with Gasteiger partial charge in [0.25, 0.3) is 0 Å². The molecule has 1 aliphatic carbocycles. The van der Waals surface area contributed by atoms with Crippen molar-refractivity contribution in [3.63, 3.8) is 0 Å². The van der Waals surface area contributed by atoms with E-state index >= 15 is 0 Å². The predicted molar refractivity (Wildman–Crippen MR) is 93.9 cm³/mol. The zero-order chi connectivity index (χ0) is 15.8. The standard InChI is InChI=1S/C16H30N4O2.ClH/c1-13-12-17-10-11-20(13)15(21)8-5-9-18-16(22)19-14-6-3-2-4-7-14;/h13-14,17H,2-12H2,1H3,(H2,18,19,22);1H. The van der Waals surface area contributed by atoms with Crippen LogP contribution in [0.4, 0.5) is 4.79 Å². The van der Waals surface area contributed by atoms with Crippen LogP contribution >= 0.6 is 12.4 Å². The van der Waals surface area contributed by atoms with Crippen LogP contribution in [-0.2, 0) is 4.79 Å². The molecule has 2 aliphatic rings. The zero-order valence-corrected chi connectivity index (χ0v) is 14.9. The van der Waals surface area contributed by atoms with E-state index in [1.54, 1.807) is 0 Å². The van der Waals surface area contributed by atoms with Crippen LogP contribution in [0.25, 0.3) is 0 Å². The average Bonchev–Trinajstić information content (AvgIpc) is 2.53. The molecule has 1 atom stereocenters. The minimum atomic E-state index is -0.0881. The van der Waals surface area contributed by atoms with Crippen molar-refractivity contribution < 1.29 is 9.59 Å². The number of carbonyl (C=O) groups is 2. The van der Waals surface area contributed by atoms with Crippen molar-refractivity contribution in [2.75, 3.05) is 26.2 Å². The van der Waals surface area contributed by atoms with E-state index < -0.39 is 0 Å². The highest BCUT2D eigenvalue weighted by atomic mass is 35.5. The third-order valence-electron chi connectivity index (χ3n) is 4.62. The van der Waals surface area contributed by atoms with Gasteiger partial charge in [-0.25, -0.2) is 4.79 Å². The third-order valence-corrected chi connectivity index (χ3v) is 4.62. The summed E-state index contributed by atoms with van der Waals surface area (Å²) in [5.74, 6) is 0.198. The second-order valence-electron chi connectivity index (χ2n) is 6.48. The van der Waals surface area contributed by atoms with Crippen LogP contribution in [0, 0.1) is 0 Å². The highest BCUT2D eigenvalue weighted by Crippen LogP contribution is 2.17. The Labute approximate surface area is 145 Å². The average molecular weight is 347 g/mol. The topological polar surface area (TPSA) is 73.5 Å². The van der Waals surface area contributed by atoms with E-state index in [1.165, 1.54) is 19.3 Å². The van der Waals surface area contributed by atoms with Crippen LogP contribution in [-0.4, -0.2) is 55.1 Å². The Morgan fingerprint density at radius 2 is 1.96 bits per heavy atom. The van der Waals surface area contributed by atoms with Crippen LogP contribution in [0.15, 0.2) is 0 Å². The highest BCUT2D eigenvalue weighted by Gasteiger charge is 2.22. The normalized spacial score (nSPS) is 22.1. The lowest BCUT2D eigenvalue weighted by molar-refractivity contribution is -0.134. The number of urea groups is 1. The van der Waals surface area contributed by atoms with Gasteiger partial charge in [-0.05, 0) is 26.2 Å². The van der Waals surface area contributed by atoms with Crippen molar-refractivity contribution in [3.05, 3.63) is 0 Å². The lowest BCUT2D eigenvalue weighted by atomic mass is 9.96. The number of rotatable bonds is 5. The molecule has 0 aromatic rings. The molecule has 1 aliphatic heterocycles. The molecule has 3 amide bonds. The van der Waals surface area contributed by atoms with E-state index in [0.29, 0.717) is 25.4 Å². The van der Waals surface area contributed by atoms with Gasteiger partial charge in [0.2, 0.25) is 5.91 Å². The second-order valence-corrected chi connectivity index (χ2v) is 6.48. The maximum atomic E-state index is 12.1. The monoisotopic (exact) mass is 346 g/mol. The van der Waals surface area contributed by atoms with Gasteiger partial charge in [0.05, 0.1) is 0 Å². The lowest BCUT2D eigenvalue weighted by Crippen LogP contribution is -2.52. The molecule has 1 unspecified atom stereocenters. The molecule has 7 heteroatoms. The Morgan fingerprint density at radius 1 is 1.22 bits per heavy atom. The zero-order valence-electron chi connectivity index (χ0n) is 14.1. The smallest absolute Gasteiger partial charge is 0.315 e. The summed E-state index contributed by atoms with van der Waals surface area (Å²) in [7, 11) is 0. The number of hydrogen-bond acceptors (Lipinski definition) is 3. The number of amides is 3. The molecule has 23 heavy (non-hydrogen) atoms. The maximum Gasteiger partial charge on any atom is 0.315 e. The van der Waals surface area contributed by atoms with E-state index in [-0.39, 0.29) is 30.4 Å². The number of carbonyl (C=O) groups excluding carboxylic acids is 2. The van der Waals surface area contributed by atoms with Gasteiger partial charge in [-0.1, -0.05) is 19.3 Å². The molecule has 6 nitrogen and oxygen atoms in total. The summed E-state index contributed by atoms with van der Waals surface area (Å²) >= 11 is 0. The minimum Gasteiger partial charge on any atom is -0.338 e. The first-order valence-corrected chi connectivity index (χ1v) is 8.71. The molecular formula is C16H31ClN4O2. The first-order valence-electron chi connectivity index (χ1n) is 8.71.